The van der Waals surface area contributed by atoms with Gasteiger partial charge in [-0.05, 0) is 103 Å². The van der Waals surface area contributed by atoms with E-state index in [1.165, 1.54) is 60.7 Å². The maximum absolute atomic E-state index is 13.1. The topological polar surface area (TPSA) is 535 Å². The predicted molar refractivity (Wildman–Crippen MR) is 308 cm³/mol. The summed E-state index contributed by atoms with van der Waals surface area (Å²) in [7, 11) is -30.1. The van der Waals surface area contributed by atoms with Crippen molar-refractivity contribution in [3.05, 3.63) is 127 Å². The maximum Gasteiger partial charge on any atom is 1.00 e. The van der Waals surface area contributed by atoms with E-state index in [1.807, 2.05) is 0 Å². The van der Waals surface area contributed by atoms with Gasteiger partial charge in [-0.2, -0.15) is 20.1 Å². The zero-order valence-electron chi connectivity index (χ0n) is 46.8. The molecule has 46 heteroatoms. The van der Waals surface area contributed by atoms with Crippen LogP contribution in [0.5, 0.6) is 0 Å². The molecule has 32 nitrogen and oxygen atoms in total. The minimum Gasteiger partial charge on any atom is -0.744 e. The first kappa shape index (κ1) is 88.0. The van der Waals surface area contributed by atoms with Crippen molar-refractivity contribution < 1.29 is 263 Å². The molecule has 0 unspecified atom stereocenters. The Kier molecular flexibility index (Phi) is 37.7. The predicted octanol–water partition coefficient (Wildman–Crippen LogP) is -9.10. The van der Waals surface area contributed by atoms with Crippen LogP contribution in [0.15, 0.2) is 166 Å². The fraction of sp³-hybridized carbons (Fsp3) is 0.0698. The van der Waals surface area contributed by atoms with Crippen LogP contribution in [0.4, 0.5) is 74.7 Å². The van der Waals surface area contributed by atoms with E-state index in [0.29, 0.717) is 23.3 Å². The van der Waals surface area contributed by atoms with E-state index >= 15 is 0 Å². The molecule has 0 atom stereocenters. The van der Waals surface area contributed by atoms with Gasteiger partial charge in [0.1, 0.15) is 57.5 Å². The van der Waals surface area contributed by atoms with Gasteiger partial charge in [-0.3, -0.25) is 8.98 Å². The second-order valence-corrected chi connectivity index (χ2v) is 31.3. The largest absolute Gasteiger partial charge is 1.00 e. The van der Waals surface area contributed by atoms with Crippen LogP contribution in [-0.4, -0.2) is 111 Å². The molecule has 1 aromatic heterocycles. The molecule has 445 valence electrons. The number of carbonyl (C=O) groups excluding carboxylic acids is 1. The fourth-order valence-corrected chi connectivity index (χ4v) is 10.3. The fourth-order valence-electron chi connectivity index (χ4n) is 6.56. The average Bonchev–Trinajstić information content (AvgIpc) is 2.55. The smallest absolute Gasteiger partial charge is 0.744 e. The SMILES string of the molecule is C[IH]I.Nc1c(N=Nc2cc(Nc3nc(Nc4cccc(S(=O)(=O)[O-])c4)nc(Nc4cccc(S(=O)(=O)[O-])c4)n3)ccc2S(=O)(=O)[O-])cc(S(=O)(=O)[O-])c(N)c1N=Nc1ccc(C(=O)Nc2cccc(S(=O)(=O)CCOS(=O)(=O)[O-])c2)cc1.[Na+].[Na+].[Na+].[Na+].[Na+].[Y]. The summed E-state index contributed by atoms with van der Waals surface area (Å²) in [5, 5.41) is 25.9. The average molecular weight is 1690 g/mol. The van der Waals surface area contributed by atoms with E-state index in [0.717, 1.165) is 54.6 Å². The number of nitrogen functional groups attached to an aromatic ring is 2. The van der Waals surface area contributed by atoms with Crippen LogP contribution in [0.2, 0.25) is 0 Å². The molecule has 7 rings (SSSR count). The molecule has 0 saturated carbocycles. The minimum atomic E-state index is -5.48. The number of hydrogen-bond donors (Lipinski definition) is 6. The molecule has 0 aliphatic heterocycles. The van der Waals surface area contributed by atoms with Crippen LogP contribution in [-0.2, 0) is 97.6 Å². The van der Waals surface area contributed by atoms with Gasteiger partial charge in [0.2, 0.25) is 28.2 Å². The number of aromatic nitrogens is 3. The van der Waals surface area contributed by atoms with Gasteiger partial charge in [-0.1, -0.05) is 18.2 Å². The van der Waals surface area contributed by atoms with Crippen molar-refractivity contribution in [2.45, 2.75) is 24.5 Å². The summed E-state index contributed by atoms with van der Waals surface area (Å²) in [5.74, 6) is -2.82. The number of benzene rings is 6. The second-order valence-electron chi connectivity index (χ2n) is 15.9. The summed E-state index contributed by atoms with van der Waals surface area (Å²) in [6.45, 7) is -0.955. The molecular formula is C43H36I2N13Na5O19S6Y. The first-order valence-corrected chi connectivity index (χ1v) is 39.7. The number of rotatable bonds is 21. The van der Waals surface area contributed by atoms with Crippen molar-refractivity contribution in [1.29, 1.82) is 0 Å². The van der Waals surface area contributed by atoms with Gasteiger partial charge in [0.15, 0.2) is 9.84 Å². The van der Waals surface area contributed by atoms with E-state index in [2.05, 4.69) is 84.4 Å². The molecule has 8 N–H and O–H groups in total. The van der Waals surface area contributed by atoms with Crippen LogP contribution in [0.3, 0.4) is 0 Å². The van der Waals surface area contributed by atoms with Crippen LogP contribution in [0, 0.1) is 0 Å². The Balaban J connectivity index is 0.00000843. The molecule has 0 aliphatic carbocycles. The van der Waals surface area contributed by atoms with Crippen LogP contribution in [0.1, 0.15) is 10.4 Å². The number of azo groups is 2. The van der Waals surface area contributed by atoms with Crippen molar-refractivity contribution in [1.82, 2.24) is 15.0 Å². The summed E-state index contributed by atoms with van der Waals surface area (Å²) in [5.41, 5.74) is 8.40. The molecule has 0 aliphatic rings. The number of carbonyl (C=O) groups is 1. The maximum atomic E-state index is 13.1. The summed E-state index contributed by atoms with van der Waals surface area (Å²) in [6, 6.07) is 22.0. The van der Waals surface area contributed by atoms with Crippen molar-refractivity contribution in [3.8, 4) is 0 Å². The van der Waals surface area contributed by atoms with Gasteiger partial charge in [0.25, 0.3) is 5.91 Å². The third-order valence-electron chi connectivity index (χ3n) is 10.2. The molecule has 0 bridgehead atoms. The molecule has 1 heterocycles. The van der Waals surface area contributed by atoms with Crippen molar-refractivity contribution >= 4 is 177 Å². The minimum absolute atomic E-state index is 0. The summed E-state index contributed by atoms with van der Waals surface area (Å²) < 4.78 is 206. The Morgan fingerprint density at radius 3 is 1.40 bits per heavy atom. The van der Waals surface area contributed by atoms with Crippen LogP contribution in [0.25, 0.3) is 0 Å². The Morgan fingerprint density at radius 2 is 0.955 bits per heavy atom. The zero-order valence-corrected chi connectivity index (χ0v) is 69.0. The molecule has 1 amide bonds. The molecule has 0 fully saturated rings. The Hall–Kier alpha value is -0.976. The molecule has 7 aromatic rings. The summed E-state index contributed by atoms with van der Waals surface area (Å²) >= 11 is 2.86. The Morgan fingerprint density at radius 1 is 0.528 bits per heavy atom. The van der Waals surface area contributed by atoms with Crippen molar-refractivity contribution in [3.63, 3.8) is 0 Å². The number of amides is 1. The third-order valence-corrected chi connectivity index (χ3v) is 15.7. The van der Waals surface area contributed by atoms with Gasteiger partial charge in [-0.25, -0.2) is 50.5 Å². The van der Waals surface area contributed by atoms with E-state index in [-0.39, 0.29) is 231 Å². The van der Waals surface area contributed by atoms with Gasteiger partial charge < -0.3 is 55.5 Å². The first-order chi connectivity index (χ1) is 38.6. The summed E-state index contributed by atoms with van der Waals surface area (Å²) in [4.78, 5) is 24.0. The van der Waals surface area contributed by atoms with Crippen LogP contribution >= 0.6 is 35.8 Å². The third kappa shape index (κ3) is 27.2. The van der Waals surface area contributed by atoms with E-state index in [4.69, 9.17) is 11.5 Å². The van der Waals surface area contributed by atoms with Crippen LogP contribution < -0.4 is 181 Å². The number of nitrogens with zero attached hydrogens (tertiary/aromatic N) is 7. The molecule has 89 heavy (non-hydrogen) atoms. The monoisotopic (exact) mass is 1690 g/mol. The van der Waals surface area contributed by atoms with Gasteiger partial charge in [-0.15, -0.1) is 15.3 Å². The normalized spacial score (nSPS) is 11.6. The molecule has 1 radical (unpaired) electrons. The Bertz CT molecular complexity index is 4360. The van der Waals surface area contributed by atoms with Crippen molar-refractivity contribution in [2.24, 2.45) is 20.5 Å². The number of anilines is 9. The quantitative estimate of drug-likeness (QED) is 0.00740. The molecule has 0 saturated heterocycles. The molecular weight excluding hydrogens is 1650 g/mol. The van der Waals surface area contributed by atoms with E-state index in [1.54, 1.807) is 0 Å². The second kappa shape index (κ2) is 38.1. The zero-order chi connectivity index (χ0) is 61.3. The number of halogens is 2. The summed E-state index contributed by atoms with van der Waals surface area (Å²) in [6.07, 6.45) is 0. The molecule has 6 aromatic carbocycles. The van der Waals surface area contributed by atoms with Gasteiger partial charge in [0.05, 0.1) is 53.9 Å². The first-order valence-electron chi connectivity index (χ1n) is 21.9. The van der Waals surface area contributed by atoms with Crippen molar-refractivity contribution in [2.75, 3.05) is 50.0 Å². The number of nitrogens with two attached hydrogens (primary N) is 2. The van der Waals surface area contributed by atoms with Gasteiger partial charge >= 0.3 is 189 Å². The van der Waals surface area contributed by atoms with E-state index < -0.39 is 133 Å². The van der Waals surface area contributed by atoms with E-state index in [9.17, 15) is 78.1 Å². The Labute approximate surface area is 665 Å². The standard InChI is InChI=1S/C42H37N13O19S6.CH4I2.5Na.Y/c43-36-33(22-35(79(68,69)70)37(44)38(36)55-52-24-12-10-23(11-13-24)39(56)45-25-4-1-7-29(18-25)75(57,58)17-16-74-80(71,72)73)54-53-32-21-28(14-15-34(32)78(65,66)67)48-42-50-40(46-26-5-2-8-30(19-26)76(59,60)61)49-41(51-42)47-27-6-3-9-31(20-27)77(62,63)64;1-3-2;;;;;;/h1-15,18-22H,16-17,43-44H2,(H,45,56)(H,59,60,61)(H,62,63,64)(H,65,66,67)(H,68,69,70)(H,71,72,73)(H3,46,47,48,49,50,51);3H,1H3;;;;;;/q;;5*+1;/p-5. The number of hydrogen-bond acceptors (Lipinski definition) is 31. The van der Waals surface area contributed by atoms with Gasteiger partial charge in [0, 0.05) is 61.0 Å². The number of sulfone groups is 1. The number of nitrogens with one attached hydrogen (secondary N) is 4. The number of alkyl halides is 1. The molecule has 0 spiro atoms.